The van der Waals surface area contributed by atoms with Gasteiger partial charge < -0.3 is 14.8 Å². The molecule has 1 N–H and O–H groups in total. The van der Waals surface area contributed by atoms with Gasteiger partial charge in [0.15, 0.2) is 0 Å². The van der Waals surface area contributed by atoms with Crippen molar-refractivity contribution in [2.75, 3.05) is 13.7 Å². The van der Waals surface area contributed by atoms with Crippen molar-refractivity contribution >= 4 is 0 Å². The van der Waals surface area contributed by atoms with Crippen molar-refractivity contribution < 1.29 is 9.47 Å². The third-order valence-electron chi connectivity index (χ3n) is 3.57. The van der Waals surface area contributed by atoms with Crippen LogP contribution >= 0.6 is 0 Å². The Balaban J connectivity index is 1.85. The van der Waals surface area contributed by atoms with Crippen molar-refractivity contribution in [3.8, 4) is 5.75 Å². The van der Waals surface area contributed by atoms with Crippen LogP contribution in [-0.2, 0) is 4.74 Å². The molecule has 0 bridgehead atoms. The molecule has 0 spiro atoms. The van der Waals surface area contributed by atoms with E-state index in [-0.39, 0.29) is 0 Å². The standard InChI is InChI=1S/C15H23NO2/c1-11-7-8-15(18-11)10-16-12(2)13-5-4-6-14(9-13)17-3/h4-6,9,11-12,15-16H,7-8,10H2,1-3H3/t11?,12-,15?/m1/s1. The molecule has 0 radical (unpaired) electrons. The smallest absolute Gasteiger partial charge is 0.119 e. The zero-order chi connectivity index (χ0) is 13.0. The molecule has 1 saturated heterocycles. The third-order valence-corrected chi connectivity index (χ3v) is 3.57. The van der Waals surface area contributed by atoms with Crippen molar-refractivity contribution in [3.05, 3.63) is 29.8 Å². The molecule has 1 aliphatic heterocycles. The summed E-state index contributed by atoms with van der Waals surface area (Å²) < 4.78 is 11.0. The Hall–Kier alpha value is -1.06. The number of nitrogens with one attached hydrogen (secondary N) is 1. The first-order valence-electron chi connectivity index (χ1n) is 6.72. The molecular formula is C15H23NO2. The summed E-state index contributed by atoms with van der Waals surface area (Å²) in [6.45, 7) is 5.24. The fourth-order valence-corrected chi connectivity index (χ4v) is 2.37. The SMILES string of the molecule is COc1cccc([C@@H](C)NCC2CCC(C)O2)c1. The molecule has 0 aliphatic carbocycles. The predicted molar refractivity (Wildman–Crippen MR) is 73.0 cm³/mol. The van der Waals surface area contributed by atoms with E-state index in [0.717, 1.165) is 12.3 Å². The van der Waals surface area contributed by atoms with E-state index >= 15 is 0 Å². The number of benzene rings is 1. The number of rotatable bonds is 5. The van der Waals surface area contributed by atoms with Gasteiger partial charge in [-0.3, -0.25) is 0 Å². The Kier molecular flexibility index (Phi) is 4.61. The molecule has 100 valence electrons. The van der Waals surface area contributed by atoms with Crippen LogP contribution in [0.2, 0.25) is 0 Å². The van der Waals surface area contributed by atoms with E-state index in [1.165, 1.54) is 18.4 Å². The van der Waals surface area contributed by atoms with Gasteiger partial charge in [-0.15, -0.1) is 0 Å². The van der Waals surface area contributed by atoms with E-state index in [4.69, 9.17) is 9.47 Å². The van der Waals surface area contributed by atoms with E-state index in [1.54, 1.807) is 7.11 Å². The lowest BCUT2D eigenvalue weighted by molar-refractivity contribution is 0.0546. The summed E-state index contributed by atoms with van der Waals surface area (Å²) in [5.74, 6) is 0.909. The number of methoxy groups -OCH3 is 1. The molecule has 3 nitrogen and oxygen atoms in total. The molecule has 3 atom stereocenters. The van der Waals surface area contributed by atoms with Crippen LogP contribution in [0.25, 0.3) is 0 Å². The van der Waals surface area contributed by atoms with Crippen LogP contribution in [0.4, 0.5) is 0 Å². The Bertz CT molecular complexity index is 381. The van der Waals surface area contributed by atoms with Crippen molar-refractivity contribution in [3.63, 3.8) is 0 Å². The van der Waals surface area contributed by atoms with E-state index < -0.39 is 0 Å². The molecule has 1 fully saturated rings. The van der Waals surface area contributed by atoms with Crippen LogP contribution in [-0.4, -0.2) is 25.9 Å². The minimum atomic E-state index is 0.319. The Morgan fingerprint density at radius 2 is 2.28 bits per heavy atom. The molecule has 1 heterocycles. The topological polar surface area (TPSA) is 30.5 Å². The highest BCUT2D eigenvalue weighted by molar-refractivity contribution is 5.30. The van der Waals surface area contributed by atoms with Crippen LogP contribution in [0.5, 0.6) is 5.75 Å². The minimum absolute atomic E-state index is 0.319. The highest BCUT2D eigenvalue weighted by Crippen LogP contribution is 2.21. The van der Waals surface area contributed by atoms with Gasteiger partial charge in [0.05, 0.1) is 19.3 Å². The van der Waals surface area contributed by atoms with Gasteiger partial charge in [-0.2, -0.15) is 0 Å². The molecule has 1 aliphatic rings. The lowest BCUT2D eigenvalue weighted by Gasteiger charge is -2.18. The summed E-state index contributed by atoms with van der Waals surface area (Å²) >= 11 is 0. The maximum atomic E-state index is 5.81. The maximum Gasteiger partial charge on any atom is 0.119 e. The van der Waals surface area contributed by atoms with E-state index in [2.05, 4.69) is 31.3 Å². The van der Waals surface area contributed by atoms with E-state index in [1.807, 2.05) is 12.1 Å². The average molecular weight is 249 g/mol. The molecule has 18 heavy (non-hydrogen) atoms. The minimum Gasteiger partial charge on any atom is -0.497 e. The summed E-state index contributed by atoms with van der Waals surface area (Å²) in [4.78, 5) is 0. The summed E-state index contributed by atoms with van der Waals surface area (Å²) in [6, 6.07) is 8.52. The molecule has 0 aromatic heterocycles. The van der Waals surface area contributed by atoms with Crippen LogP contribution in [0.1, 0.15) is 38.3 Å². The number of hydrogen-bond donors (Lipinski definition) is 1. The summed E-state index contributed by atoms with van der Waals surface area (Å²) in [7, 11) is 1.70. The second-order valence-corrected chi connectivity index (χ2v) is 5.05. The molecule has 2 unspecified atom stereocenters. The lowest BCUT2D eigenvalue weighted by atomic mass is 10.1. The zero-order valence-corrected chi connectivity index (χ0v) is 11.5. The maximum absolute atomic E-state index is 5.81. The van der Waals surface area contributed by atoms with Crippen LogP contribution in [0, 0.1) is 0 Å². The van der Waals surface area contributed by atoms with Crippen molar-refractivity contribution in [2.24, 2.45) is 0 Å². The van der Waals surface area contributed by atoms with Crippen molar-refractivity contribution in [1.29, 1.82) is 0 Å². The first-order valence-corrected chi connectivity index (χ1v) is 6.72. The fraction of sp³-hybridized carbons (Fsp3) is 0.600. The quantitative estimate of drug-likeness (QED) is 0.870. The van der Waals surface area contributed by atoms with Crippen molar-refractivity contribution in [1.82, 2.24) is 5.32 Å². The van der Waals surface area contributed by atoms with Gasteiger partial charge in [-0.05, 0) is 44.4 Å². The van der Waals surface area contributed by atoms with Crippen LogP contribution < -0.4 is 10.1 Å². The second kappa shape index (κ2) is 6.21. The van der Waals surface area contributed by atoms with Gasteiger partial charge in [0.2, 0.25) is 0 Å². The summed E-state index contributed by atoms with van der Waals surface area (Å²) in [5, 5.41) is 3.53. The first kappa shape index (κ1) is 13.4. The lowest BCUT2D eigenvalue weighted by Crippen LogP contribution is -2.29. The van der Waals surface area contributed by atoms with Gasteiger partial charge >= 0.3 is 0 Å². The van der Waals surface area contributed by atoms with Crippen molar-refractivity contribution in [2.45, 2.75) is 44.9 Å². The van der Waals surface area contributed by atoms with Gasteiger partial charge in [0.25, 0.3) is 0 Å². The summed E-state index contributed by atoms with van der Waals surface area (Å²) in [5.41, 5.74) is 1.25. The first-order chi connectivity index (χ1) is 8.69. The molecule has 0 amide bonds. The Labute approximate surface area is 109 Å². The fourth-order valence-electron chi connectivity index (χ4n) is 2.37. The predicted octanol–water partition coefficient (Wildman–Crippen LogP) is 2.91. The second-order valence-electron chi connectivity index (χ2n) is 5.05. The van der Waals surface area contributed by atoms with Gasteiger partial charge in [-0.1, -0.05) is 12.1 Å². The zero-order valence-electron chi connectivity index (χ0n) is 11.5. The molecule has 0 saturated carbocycles. The molecule has 3 heteroatoms. The Morgan fingerprint density at radius 3 is 2.94 bits per heavy atom. The third kappa shape index (κ3) is 3.47. The average Bonchev–Trinajstić information content (AvgIpc) is 2.82. The normalized spacial score (nSPS) is 25.1. The van der Waals surface area contributed by atoms with Gasteiger partial charge in [0, 0.05) is 12.6 Å². The molecule has 2 rings (SSSR count). The summed E-state index contributed by atoms with van der Waals surface area (Å²) in [6.07, 6.45) is 3.13. The number of ether oxygens (including phenoxy) is 2. The molecule has 1 aromatic rings. The molecular weight excluding hydrogens is 226 g/mol. The van der Waals surface area contributed by atoms with Gasteiger partial charge in [-0.25, -0.2) is 0 Å². The Morgan fingerprint density at radius 1 is 1.44 bits per heavy atom. The highest BCUT2D eigenvalue weighted by Gasteiger charge is 2.21. The van der Waals surface area contributed by atoms with Crippen LogP contribution in [0.15, 0.2) is 24.3 Å². The highest BCUT2D eigenvalue weighted by atomic mass is 16.5. The largest absolute Gasteiger partial charge is 0.497 e. The van der Waals surface area contributed by atoms with Gasteiger partial charge in [0.1, 0.15) is 5.75 Å². The molecule has 1 aromatic carbocycles. The monoisotopic (exact) mass is 249 g/mol. The number of hydrogen-bond acceptors (Lipinski definition) is 3. The van der Waals surface area contributed by atoms with E-state index in [0.29, 0.717) is 18.2 Å². The van der Waals surface area contributed by atoms with E-state index in [9.17, 15) is 0 Å². The van der Waals surface area contributed by atoms with Crippen LogP contribution in [0.3, 0.4) is 0 Å².